The number of nitrogens with zero attached hydrogens (tertiary/aromatic N) is 2. The molecule has 1 N–H and O–H groups in total. The summed E-state index contributed by atoms with van der Waals surface area (Å²) in [7, 11) is 5.93. The lowest BCUT2D eigenvalue weighted by Gasteiger charge is -2.18. The Balaban J connectivity index is 1.59. The number of carbonyl (C=O) groups excluding carboxylic acids is 1. The number of pyridine rings is 1. The highest BCUT2D eigenvalue weighted by molar-refractivity contribution is 6.13. The van der Waals surface area contributed by atoms with Gasteiger partial charge < -0.3 is 10.2 Å². The van der Waals surface area contributed by atoms with E-state index < -0.39 is 6.10 Å². The van der Waals surface area contributed by atoms with Gasteiger partial charge in [-0.3, -0.25) is 9.78 Å². The largest absolute Gasteiger partial charge is 0.382 e. The number of rotatable bonds is 6. The molecular formula is C20H22BN3O2. The summed E-state index contributed by atoms with van der Waals surface area (Å²) in [5.41, 5.74) is 3.64. The third kappa shape index (κ3) is 4.51. The predicted molar refractivity (Wildman–Crippen MR) is 103 cm³/mol. The van der Waals surface area contributed by atoms with Crippen LogP contribution in [0.15, 0.2) is 53.8 Å². The molecule has 1 aromatic heterocycles. The molecular weight excluding hydrogens is 325 g/mol. The lowest BCUT2D eigenvalue weighted by molar-refractivity contribution is -0.131. The van der Waals surface area contributed by atoms with E-state index in [2.05, 4.69) is 29.3 Å². The summed E-state index contributed by atoms with van der Waals surface area (Å²) in [5.74, 6) is -0.172. The van der Waals surface area contributed by atoms with Crippen molar-refractivity contribution in [2.45, 2.75) is 38.7 Å². The number of amides is 1. The fourth-order valence-corrected chi connectivity index (χ4v) is 2.90. The molecule has 26 heavy (non-hydrogen) atoms. The van der Waals surface area contributed by atoms with E-state index in [0.29, 0.717) is 12.3 Å². The standard InChI is InChI=1S/C20H22BN3O2/c1-13(2)11-19(21)23-20(25)18-12-17(24-26-18)15-8-6-14(7-9-15)16-5-3-4-10-22-16/h3-10,13,18-19H,11-12H2,1-2H3,(H,23,25)/t18?,19-/m0/s1. The van der Waals surface area contributed by atoms with Crippen molar-refractivity contribution in [2.75, 3.05) is 0 Å². The molecule has 1 unspecified atom stereocenters. The first kappa shape index (κ1) is 18.2. The summed E-state index contributed by atoms with van der Waals surface area (Å²) >= 11 is 0. The molecule has 0 bridgehead atoms. The number of oxime groups is 1. The molecule has 0 saturated heterocycles. The lowest BCUT2D eigenvalue weighted by Crippen LogP contribution is -2.42. The van der Waals surface area contributed by atoms with Gasteiger partial charge in [0.2, 0.25) is 6.10 Å². The van der Waals surface area contributed by atoms with Gasteiger partial charge in [0.1, 0.15) is 0 Å². The van der Waals surface area contributed by atoms with Crippen molar-refractivity contribution in [3.05, 3.63) is 54.2 Å². The van der Waals surface area contributed by atoms with Gasteiger partial charge in [-0.1, -0.05) is 49.3 Å². The Morgan fingerprint density at radius 2 is 1.96 bits per heavy atom. The molecule has 132 valence electrons. The molecule has 2 atom stereocenters. The maximum absolute atomic E-state index is 12.3. The van der Waals surface area contributed by atoms with E-state index in [0.717, 1.165) is 29.0 Å². The van der Waals surface area contributed by atoms with Crippen molar-refractivity contribution in [3.8, 4) is 11.3 Å². The average Bonchev–Trinajstić information content (AvgIpc) is 3.12. The smallest absolute Gasteiger partial charge is 0.263 e. The van der Waals surface area contributed by atoms with Gasteiger partial charge in [0.25, 0.3) is 5.91 Å². The van der Waals surface area contributed by atoms with Gasteiger partial charge in [0.05, 0.1) is 19.3 Å². The van der Waals surface area contributed by atoms with Gasteiger partial charge in [0.15, 0.2) is 0 Å². The summed E-state index contributed by atoms with van der Waals surface area (Å²) in [6.07, 6.45) is 2.30. The van der Waals surface area contributed by atoms with E-state index in [1.165, 1.54) is 0 Å². The topological polar surface area (TPSA) is 63.6 Å². The first-order chi connectivity index (χ1) is 12.5. The van der Waals surface area contributed by atoms with Gasteiger partial charge in [-0.2, -0.15) is 0 Å². The van der Waals surface area contributed by atoms with Gasteiger partial charge in [-0.15, -0.1) is 0 Å². The fraction of sp³-hybridized carbons (Fsp3) is 0.350. The molecule has 0 saturated carbocycles. The number of benzene rings is 1. The zero-order chi connectivity index (χ0) is 18.5. The number of hydrogen-bond acceptors (Lipinski definition) is 4. The van der Waals surface area contributed by atoms with Gasteiger partial charge in [-0.05, 0) is 36.0 Å². The van der Waals surface area contributed by atoms with Crippen molar-refractivity contribution >= 4 is 19.5 Å². The van der Waals surface area contributed by atoms with Crippen LogP contribution in [0.5, 0.6) is 0 Å². The highest BCUT2D eigenvalue weighted by atomic mass is 16.6. The Morgan fingerprint density at radius 3 is 2.62 bits per heavy atom. The van der Waals surface area contributed by atoms with Crippen LogP contribution < -0.4 is 5.32 Å². The molecule has 1 amide bonds. The Hall–Kier alpha value is -2.63. The lowest BCUT2D eigenvalue weighted by atomic mass is 9.88. The first-order valence-electron chi connectivity index (χ1n) is 8.83. The van der Waals surface area contributed by atoms with E-state index in [4.69, 9.17) is 12.7 Å². The summed E-state index contributed by atoms with van der Waals surface area (Å²) in [5, 5.41) is 6.87. The van der Waals surface area contributed by atoms with E-state index in [1.807, 2.05) is 42.5 Å². The maximum Gasteiger partial charge on any atom is 0.263 e. The van der Waals surface area contributed by atoms with Gasteiger partial charge >= 0.3 is 0 Å². The van der Waals surface area contributed by atoms with Gasteiger partial charge in [0, 0.05) is 18.2 Å². The van der Waals surface area contributed by atoms with Crippen LogP contribution >= 0.6 is 0 Å². The molecule has 5 nitrogen and oxygen atoms in total. The Labute approximate surface area is 155 Å². The van der Waals surface area contributed by atoms with Crippen molar-refractivity contribution in [3.63, 3.8) is 0 Å². The second kappa shape index (κ2) is 8.17. The molecule has 2 aromatic rings. The third-order valence-electron chi connectivity index (χ3n) is 4.19. The van der Waals surface area contributed by atoms with E-state index >= 15 is 0 Å². The van der Waals surface area contributed by atoms with Gasteiger partial charge in [-0.25, -0.2) is 0 Å². The molecule has 1 aliphatic heterocycles. The molecule has 0 aliphatic carbocycles. The zero-order valence-electron chi connectivity index (χ0n) is 15.1. The van der Waals surface area contributed by atoms with Crippen molar-refractivity contribution in [1.29, 1.82) is 0 Å². The minimum Gasteiger partial charge on any atom is -0.382 e. The SMILES string of the molecule is [B][C@H](CC(C)C)NC(=O)C1CC(c2ccc(-c3ccccn3)cc2)=NO1. The monoisotopic (exact) mass is 347 g/mol. The average molecular weight is 347 g/mol. The van der Waals surface area contributed by atoms with Crippen LogP contribution in [0.25, 0.3) is 11.3 Å². The predicted octanol–water partition coefficient (Wildman–Crippen LogP) is 2.90. The zero-order valence-corrected chi connectivity index (χ0v) is 15.1. The molecule has 6 heteroatoms. The van der Waals surface area contributed by atoms with Crippen LogP contribution in [-0.2, 0) is 9.63 Å². The number of aromatic nitrogens is 1. The van der Waals surface area contributed by atoms with Crippen molar-refractivity contribution in [2.24, 2.45) is 11.1 Å². The number of nitrogens with one attached hydrogen (secondary N) is 1. The number of hydrogen-bond donors (Lipinski definition) is 1. The van der Waals surface area contributed by atoms with Crippen LogP contribution in [-0.4, -0.2) is 36.5 Å². The van der Waals surface area contributed by atoms with Crippen LogP contribution in [0.2, 0.25) is 0 Å². The summed E-state index contributed by atoms with van der Waals surface area (Å²) in [4.78, 5) is 21.9. The van der Waals surface area contributed by atoms with Crippen LogP contribution in [0.3, 0.4) is 0 Å². The second-order valence-electron chi connectivity index (χ2n) is 6.87. The van der Waals surface area contributed by atoms with Crippen molar-refractivity contribution < 1.29 is 9.63 Å². The van der Waals surface area contributed by atoms with Crippen LogP contribution in [0, 0.1) is 5.92 Å². The summed E-state index contributed by atoms with van der Waals surface area (Å²) in [6, 6.07) is 13.7. The number of carbonyl (C=O) groups is 1. The van der Waals surface area contributed by atoms with E-state index in [9.17, 15) is 4.79 Å². The normalized spacial score (nSPS) is 17.5. The summed E-state index contributed by atoms with van der Waals surface area (Å²) < 4.78 is 0. The minimum absolute atomic E-state index is 0.220. The molecule has 0 spiro atoms. The molecule has 1 aromatic carbocycles. The Kier molecular flexibility index (Phi) is 5.71. The summed E-state index contributed by atoms with van der Waals surface area (Å²) in [6.45, 7) is 4.13. The van der Waals surface area contributed by atoms with Crippen molar-refractivity contribution in [1.82, 2.24) is 10.3 Å². The molecule has 1 aliphatic rings. The van der Waals surface area contributed by atoms with Crippen LogP contribution in [0.4, 0.5) is 0 Å². The first-order valence-corrected chi connectivity index (χ1v) is 8.83. The third-order valence-corrected chi connectivity index (χ3v) is 4.19. The Bertz CT molecular complexity index is 775. The van der Waals surface area contributed by atoms with E-state index in [-0.39, 0.29) is 11.8 Å². The maximum atomic E-state index is 12.3. The molecule has 2 heterocycles. The van der Waals surface area contributed by atoms with E-state index in [1.54, 1.807) is 6.20 Å². The highest BCUT2D eigenvalue weighted by Crippen LogP contribution is 2.21. The molecule has 0 fully saturated rings. The Morgan fingerprint density at radius 1 is 1.23 bits per heavy atom. The fourth-order valence-electron chi connectivity index (χ4n) is 2.90. The highest BCUT2D eigenvalue weighted by Gasteiger charge is 2.29. The second-order valence-corrected chi connectivity index (χ2v) is 6.87. The van der Waals surface area contributed by atoms with Crippen LogP contribution in [0.1, 0.15) is 32.3 Å². The minimum atomic E-state index is -0.626. The quantitative estimate of drug-likeness (QED) is 0.818. The molecule has 3 rings (SSSR count). The molecule has 2 radical (unpaired) electrons.